The van der Waals surface area contributed by atoms with E-state index in [1.165, 1.54) is 0 Å². The minimum Gasteiger partial charge on any atom is -0.481 e. The molecule has 7 nitrogen and oxygen atoms in total. The molecule has 0 bridgehead atoms. The summed E-state index contributed by atoms with van der Waals surface area (Å²) in [5.41, 5.74) is -0.0294. The summed E-state index contributed by atoms with van der Waals surface area (Å²) < 4.78 is 11.2. The Morgan fingerprint density at radius 1 is 1.38 bits per heavy atom. The van der Waals surface area contributed by atoms with Crippen molar-refractivity contribution in [3.05, 3.63) is 0 Å². The summed E-state index contributed by atoms with van der Waals surface area (Å²) in [4.78, 5) is 22.3. The Kier molecular flexibility index (Phi) is 5.41. The van der Waals surface area contributed by atoms with E-state index >= 15 is 0 Å². The van der Waals surface area contributed by atoms with Gasteiger partial charge in [-0.15, -0.1) is 0 Å². The monoisotopic (exact) mass is 300 g/mol. The molecular formula is C14H24N2O5. The van der Waals surface area contributed by atoms with Crippen molar-refractivity contribution in [2.75, 3.05) is 26.4 Å². The SMILES string of the molecule is CCOC1CC(NC(=O)NCCC(=O)O)C12CCOCC2. The second-order valence-electron chi connectivity index (χ2n) is 5.62. The van der Waals surface area contributed by atoms with Gasteiger partial charge in [0.25, 0.3) is 0 Å². The molecule has 2 aliphatic rings. The van der Waals surface area contributed by atoms with Crippen molar-refractivity contribution >= 4 is 12.0 Å². The smallest absolute Gasteiger partial charge is 0.315 e. The van der Waals surface area contributed by atoms with Gasteiger partial charge in [0.1, 0.15) is 0 Å². The van der Waals surface area contributed by atoms with Gasteiger partial charge in [-0.2, -0.15) is 0 Å². The van der Waals surface area contributed by atoms with Crippen LogP contribution >= 0.6 is 0 Å². The molecule has 120 valence electrons. The molecule has 1 saturated heterocycles. The van der Waals surface area contributed by atoms with E-state index in [0.717, 1.165) is 19.3 Å². The number of rotatable bonds is 6. The zero-order chi connectivity index (χ0) is 15.3. The molecule has 1 saturated carbocycles. The van der Waals surface area contributed by atoms with Gasteiger partial charge < -0.3 is 25.2 Å². The highest BCUT2D eigenvalue weighted by Gasteiger charge is 2.56. The maximum atomic E-state index is 11.8. The minimum absolute atomic E-state index is 0.0294. The van der Waals surface area contributed by atoms with Crippen LogP contribution in [0.4, 0.5) is 4.79 Å². The van der Waals surface area contributed by atoms with E-state index < -0.39 is 5.97 Å². The summed E-state index contributed by atoms with van der Waals surface area (Å²) in [5, 5.41) is 14.1. The molecule has 1 spiro atoms. The van der Waals surface area contributed by atoms with Crippen molar-refractivity contribution in [1.29, 1.82) is 0 Å². The maximum absolute atomic E-state index is 11.8. The van der Waals surface area contributed by atoms with Crippen molar-refractivity contribution in [2.24, 2.45) is 5.41 Å². The Labute approximate surface area is 124 Å². The number of urea groups is 1. The van der Waals surface area contributed by atoms with E-state index in [2.05, 4.69) is 10.6 Å². The highest BCUT2D eigenvalue weighted by molar-refractivity contribution is 5.75. The standard InChI is InChI=1S/C14H24N2O5/c1-2-21-11-9-10(14(11)4-7-20-8-5-14)16-13(19)15-6-3-12(17)18/h10-11H,2-9H2,1H3,(H,17,18)(H2,15,16,19). The summed E-state index contributed by atoms with van der Waals surface area (Å²) in [6.45, 7) is 4.18. The zero-order valence-corrected chi connectivity index (χ0v) is 12.4. The average Bonchev–Trinajstić information content (AvgIpc) is 2.46. The summed E-state index contributed by atoms with van der Waals surface area (Å²) >= 11 is 0. The van der Waals surface area contributed by atoms with Gasteiger partial charge >= 0.3 is 12.0 Å². The third-order valence-corrected chi connectivity index (χ3v) is 4.51. The molecule has 2 atom stereocenters. The van der Waals surface area contributed by atoms with E-state index in [9.17, 15) is 9.59 Å². The van der Waals surface area contributed by atoms with E-state index in [0.29, 0.717) is 19.8 Å². The van der Waals surface area contributed by atoms with Gasteiger partial charge in [0.15, 0.2) is 0 Å². The first kappa shape index (κ1) is 16.0. The Morgan fingerprint density at radius 3 is 2.71 bits per heavy atom. The molecule has 1 aliphatic carbocycles. The Hall–Kier alpha value is -1.34. The first-order valence-corrected chi connectivity index (χ1v) is 7.54. The van der Waals surface area contributed by atoms with Crippen LogP contribution < -0.4 is 10.6 Å². The van der Waals surface area contributed by atoms with Gasteiger partial charge in [-0.3, -0.25) is 4.79 Å². The van der Waals surface area contributed by atoms with Gasteiger partial charge in [0.05, 0.1) is 12.5 Å². The van der Waals surface area contributed by atoms with Gasteiger partial charge in [0, 0.05) is 37.8 Å². The summed E-state index contributed by atoms with van der Waals surface area (Å²) in [5.74, 6) is -0.920. The van der Waals surface area contributed by atoms with Gasteiger partial charge in [-0.1, -0.05) is 0 Å². The van der Waals surface area contributed by atoms with Crippen LogP contribution in [0, 0.1) is 5.41 Å². The first-order chi connectivity index (χ1) is 10.1. The van der Waals surface area contributed by atoms with Crippen molar-refractivity contribution in [3.63, 3.8) is 0 Å². The van der Waals surface area contributed by atoms with E-state index in [4.69, 9.17) is 14.6 Å². The fourth-order valence-corrected chi connectivity index (χ4v) is 3.30. The first-order valence-electron chi connectivity index (χ1n) is 7.54. The van der Waals surface area contributed by atoms with E-state index in [-0.39, 0.29) is 36.6 Å². The third kappa shape index (κ3) is 3.65. The molecule has 2 rings (SSSR count). The Bertz CT molecular complexity index is 382. The third-order valence-electron chi connectivity index (χ3n) is 4.51. The number of carbonyl (C=O) groups is 2. The molecule has 3 N–H and O–H groups in total. The molecule has 2 fully saturated rings. The average molecular weight is 300 g/mol. The lowest BCUT2D eigenvalue weighted by Crippen LogP contribution is -2.67. The van der Waals surface area contributed by atoms with Crippen molar-refractivity contribution in [2.45, 2.75) is 44.8 Å². The van der Waals surface area contributed by atoms with Crippen molar-refractivity contribution < 1.29 is 24.2 Å². The number of carboxylic acids is 1. The highest BCUT2D eigenvalue weighted by atomic mass is 16.5. The molecule has 0 aromatic heterocycles. The molecule has 0 radical (unpaired) electrons. The van der Waals surface area contributed by atoms with Gasteiger partial charge in [-0.25, -0.2) is 4.79 Å². The molecule has 2 unspecified atom stereocenters. The van der Waals surface area contributed by atoms with Crippen LogP contribution in [0.5, 0.6) is 0 Å². The van der Waals surface area contributed by atoms with Gasteiger partial charge in [-0.05, 0) is 26.2 Å². The summed E-state index contributed by atoms with van der Waals surface area (Å²) in [6, 6.07) is -0.232. The molecule has 1 aliphatic heterocycles. The molecule has 7 heteroatoms. The second-order valence-corrected chi connectivity index (χ2v) is 5.62. The number of hydrogen-bond donors (Lipinski definition) is 3. The van der Waals surface area contributed by atoms with Crippen molar-refractivity contribution in [3.8, 4) is 0 Å². The lowest BCUT2D eigenvalue weighted by Gasteiger charge is -2.57. The molecule has 2 amide bonds. The molecule has 21 heavy (non-hydrogen) atoms. The topological polar surface area (TPSA) is 96.9 Å². The second kappa shape index (κ2) is 7.09. The minimum atomic E-state index is -0.920. The number of hydrogen-bond acceptors (Lipinski definition) is 4. The Morgan fingerprint density at radius 2 is 2.10 bits per heavy atom. The highest BCUT2D eigenvalue weighted by Crippen LogP contribution is 2.50. The summed E-state index contributed by atoms with van der Waals surface area (Å²) in [6.07, 6.45) is 2.68. The zero-order valence-electron chi connectivity index (χ0n) is 12.4. The van der Waals surface area contributed by atoms with Crippen LogP contribution in [0.15, 0.2) is 0 Å². The quantitative estimate of drug-likeness (QED) is 0.672. The van der Waals surface area contributed by atoms with Gasteiger partial charge in [0.2, 0.25) is 0 Å². The Balaban J connectivity index is 1.84. The lowest BCUT2D eigenvalue weighted by atomic mass is 9.57. The lowest BCUT2D eigenvalue weighted by molar-refractivity contribution is -0.169. The normalized spacial score (nSPS) is 26.9. The van der Waals surface area contributed by atoms with Crippen molar-refractivity contribution in [1.82, 2.24) is 10.6 Å². The van der Waals surface area contributed by atoms with E-state index in [1.807, 2.05) is 6.92 Å². The molecule has 1 heterocycles. The number of nitrogens with one attached hydrogen (secondary N) is 2. The summed E-state index contributed by atoms with van der Waals surface area (Å²) in [7, 11) is 0. The number of carbonyl (C=O) groups excluding carboxylic acids is 1. The van der Waals surface area contributed by atoms with Crippen LogP contribution in [0.2, 0.25) is 0 Å². The fraction of sp³-hybridized carbons (Fsp3) is 0.857. The van der Waals surface area contributed by atoms with E-state index in [1.54, 1.807) is 0 Å². The number of amides is 2. The molecule has 0 aromatic rings. The fourth-order valence-electron chi connectivity index (χ4n) is 3.30. The number of ether oxygens (including phenoxy) is 2. The van der Waals surface area contributed by atoms with Crippen LogP contribution in [0.25, 0.3) is 0 Å². The molecular weight excluding hydrogens is 276 g/mol. The van der Waals surface area contributed by atoms with Crippen LogP contribution in [-0.2, 0) is 14.3 Å². The predicted octanol–water partition coefficient (Wildman–Crippen LogP) is 0.735. The maximum Gasteiger partial charge on any atom is 0.315 e. The van der Waals surface area contributed by atoms with Crippen LogP contribution in [0.1, 0.15) is 32.6 Å². The predicted molar refractivity (Wildman–Crippen MR) is 75.1 cm³/mol. The van der Waals surface area contributed by atoms with Crippen LogP contribution in [0.3, 0.4) is 0 Å². The number of aliphatic carboxylic acids is 1. The molecule has 0 aromatic carbocycles. The number of carboxylic acid groups (broad SMARTS) is 1. The largest absolute Gasteiger partial charge is 0.481 e. The van der Waals surface area contributed by atoms with Crippen LogP contribution in [-0.4, -0.2) is 55.6 Å².